The van der Waals surface area contributed by atoms with Crippen LogP contribution < -0.4 is 10.2 Å². The van der Waals surface area contributed by atoms with Crippen LogP contribution in [0.4, 0.5) is 28.9 Å². The topological polar surface area (TPSA) is 60.9 Å². The molecule has 0 bridgehead atoms. The maximum atomic E-state index is 15.1. The number of aromatic nitrogens is 1. The molecule has 2 saturated heterocycles. The van der Waals surface area contributed by atoms with Crippen LogP contribution in [0.15, 0.2) is 48.7 Å². The zero-order valence-corrected chi connectivity index (χ0v) is 23.2. The van der Waals surface area contributed by atoms with Crippen LogP contribution >= 0.6 is 11.6 Å². The number of morpholine rings is 1. The molecule has 3 heterocycles. The minimum absolute atomic E-state index is 0.276. The second kappa shape index (κ2) is 12.3. The zero-order chi connectivity index (χ0) is 29.1. The second-order valence-corrected chi connectivity index (χ2v) is 10.6. The Hall–Kier alpha value is -3.25. The second-order valence-electron chi connectivity index (χ2n) is 10.2. The van der Waals surface area contributed by atoms with Gasteiger partial charge in [-0.25, -0.2) is 9.37 Å². The quantitative estimate of drug-likeness (QED) is 0.306. The number of alkyl halides is 3. The number of pyridine rings is 1. The minimum atomic E-state index is -4.81. The molecule has 3 aromatic rings. The average molecular weight is 592 g/mol. The fraction of sp³-hybridized carbons (Fsp3) is 0.379. The highest BCUT2D eigenvalue weighted by Crippen LogP contribution is 2.36. The van der Waals surface area contributed by atoms with Gasteiger partial charge in [-0.15, -0.1) is 0 Å². The first kappa shape index (κ1) is 29.2. The van der Waals surface area contributed by atoms with Gasteiger partial charge in [0, 0.05) is 57.6 Å². The summed E-state index contributed by atoms with van der Waals surface area (Å²) >= 11 is 5.71. The lowest BCUT2D eigenvalue weighted by Gasteiger charge is -2.35. The summed E-state index contributed by atoms with van der Waals surface area (Å²) < 4.78 is 61.8. The Kier molecular flexibility index (Phi) is 8.79. The van der Waals surface area contributed by atoms with Gasteiger partial charge in [-0.05, 0) is 48.5 Å². The number of hydrogen-bond acceptors (Lipinski definition) is 6. The first-order chi connectivity index (χ1) is 19.6. The normalized spacial score (nSPS) is 17.1. The molecule has 0 spiro atoms. The third-order valence-electron chi connectivity index (χ3n) is 7.36. The molecule has 0 unspecified atom stereocenters. The van der Waals surface area contributed by atoms with E-state index in [9.17, 15) is 18.0 Å². The van der Waals surface area contributed by atoms with Gasteiger partial charge < -0.3 is 19.9 Å². The van der Waals surface area contributed by atoms with Gasteiger partial charge in [0.15, 0.2) is 0 Å². The van der Waals surface area contributed by atoms with Crippen molar-refractivity contribution < 1.29 is 27.1 Å². The zero-order valence-electron chi connectivity index (χ0n) is 22.5. The van der Waals surface area contributed by atoms with Crippen LogP contribution in [-0.4, -0.2) is 80.2 Å². The van der Waals surface area contributed by atoms with E-state index in [1.807, 2.05) is 7.05 Å². The summed E-state index contributed by atoms with van der Waals surface area (Å²) in [5.41, 5.74) is 0.808. The summed E-state index contributed by atoms with van der Waals surface area (Å²) in [5, 5.41) is 2.28. The van der Waals surface area contributed by atoms with E-state index in [0.29, 0.717) is 55.7 Å². The molecule has 2 aromatic carbocycles. The van der Waals surface area contributed by atoms with Gasteiger partial charge in [-0.2, -0.15) is 13.2 Å². The number of carbonyl (C=O) groups excluding carboxylic acids is 1. The minimum Gasteiger partial charge on any atom is -0.379 e. The molecule has 1 aromatic heterocycles. The Morgan fingerprint density at radius 1 is 1.02 bits per heavy atom. The third kappa shape index (κ3) is 6.98. The number of piperazine rings is 1. The summed E-state index contributed by atoms with van der Waals surface area (Å²) in [7, 11) is 2.00. The van der Waals surface area contributed by atoms with Gasteiger partial charge in [0.05, 0.1) is 35.7 Å². The van der Waals surface area contributed by atoms with Gasteiger partial charge in [-0.1, -0.05) is 23.7 Å². The smallest absolute Gasteiger partial charge is 0.379 e. The molecule has 5 rings (SSSR count). The fourth-order valence-corrected chi connectivity index (χ4v) is 5.23. The van der Waals surface area contributed by atoms with Crippen molar-refractivity contribution in [2.45, 2.75) is 12.7 Å². The molecule has 0 atom stereocenters. The Morgan fingerprint density at radius 2 is 1.76 bits per heavy atom. The Morgan fingerprint density at radius 3 is 2.46 bits per heavy atom. The van der Waals surface area contributed by atoms with E-state index in [1.165, 1.54) is 6.07 Å². The number of ether oxygens (including phenoxy) is 1. The van der Waals surface area contributed by atoms with Crippen LogP contribution in [0.5, 0.6) is 0 Å². The molecule has 2 aliphatic heterocycles. The van der Waals surface area contributed by atoms with Gasteiger partial charge in [0.1, 0.15) is 11.0 Å². The van der Waals surface area contributed by atoms with Gasteiger partial charge >= 0.3 is 6.18 Å². The van der Waals surface area contributed by atoms with Gasteiger partial charge in [0.2, 0.25) is 0 Å². The maximum absolute atomic E-state index is 15.1. The molecule has 0 aliphatic carbocycles. The lowest BCUT2D eigenvalue weighted by Crippen LogP contribution is -2.44. The Bertz CT molecular complexity index is 1410. The SMILES string of the molecule is CN1CCN(c2ccc(-c3cc(CN4CCOCC4)ccc3F)cc2NC(=O)c2cnc(Cl)cc2C(F)(F)F)CC1. The first-order valence-corrected chi connectivity index (χ1v) is 13.7. The summed E-state index contributed by atoms with van der Waals surface area (Å²) in [6.45, 7) is 6.32. The number of likely N-dealkylation sites (N-methyl/N-ethyl adjacent to an activating group) is 1. The van der Waals surface area contributed by atoms with Gasteiger partial charge in [0.25, 0.3) is 5.91 Å². The molecule has 41 heavy (non-hydrogen) atoms. The molecular weight excluding hydrogens is 562 g/mol. The number of nitrogens with zero attached hydrogens (tertiary/aromatic N) is 4. The van der Waals surface area contributed by atoms with E-state index in [4.69, 9.17) is 16.3 Å². The van der Waals surface area contributed by atoms with Crippen molar-refractivity contribution in [3.8, 4) is 11.1 Å². The molecule has 0 radical (unpaired) electrons. The van der Waals surface area contributed by atoms with E-state index in [2.05, 4.69) is 25.0 Å². The number of amides is 1. The van der Waals surface area contributed by atoms with E-state index >= 15 is 4.39 Å². The van der Waals surface area contributed by atoms with Crippen LogP contribution in [-0.2, 0) is 17.5 Å². The van der Waals surface area contributed by atoms with Crippen LogP contribution in [0, 0.1) is 5.82 Å². The standard InChI is InChI=1S/C29H30ClF4N5O2/c1-37-6-8-39(9-7-37)26-5-3-20(21-14-19(2-4-24(21)31)18-38-10-12-41-13-11-38)15-25(26)36-28(40)22-17-35-27(30)16-23(22)29(32,33)34/h2-5,14-17H,6-13,18H2,1H3,(H,36,40). The first-order valence-electron chi connectivity index (χ1n) is 13.3. The van der Waals surface area contributed by atoms with Crippen molar-refractivity contribution in [2.24, 2.45) is 0 Å². The molecular formula is C29H30ClF4N5O2. The number of nitrogens with one attached hydrogen (secondary N) is 1. The van der Waals surface area contributed by atoms with Crippen LogP contribution in [0.2, 0.25) is 5.15 Å². The summed E-state index contributed by atoms with van der Waals surface area (Å²) in [4.78, 5) is 23.4. The Labute approximate surface area is 240 Å². The molecule has 1 amide bonds. The summed E-state index contributed by atoms with van der Waals surface area (Å²) in [6, 6.07) is 10.7. The summed E-state index contributed by atoms with van der Waals surface area (Å²) in [5.74, 6) is -1.43. The van der Waals surface area contributed by atoms with Crippen molar-refractivity contribution in [3.63, 3.8) is 0 Å². The van der Waals surface area contributed by atoms with Crippen molar-refractivity contribution >= 4 is 28.9 Å². The van der Waals surface area contributed by atoms with Crippen molar-refractivity contribution in [1.29, 1.82) is 0 Å². The molecule has 12 heteroatoms. The highest BCUT2D eigenvalue weighted by molar-refractivity contribution is 6.29. The van der Waals surface area contributed by atoms with E-state index in [0.717, 1.165) is 37.9 Å². The number of carbonyl (C=O) groups is 1. The fourth-order valence-electron chi connectivity index (χ4n) is 5.07. The number of rotatable bonds is 6. The highest BCUT2D eigenvalue weighted by atomic mass is 35.5. The third-order valence-corrected chi connectivity index (χ3v) is 7.57. The van der Waals surface area contributed by atoms with Gasteiger partial charge in [-0.3, -0.25) is 9.69 Å². The molecule has 0 saturated carbocycles. The molecule has 2 aliphatic rings. The molecule has 2 fully saturated rings. The van der Waals surface area contributed by atoms with E-state index < -0.39 is 29.0 Å². The predicted octanol–water partition coefficient (Wildman–Crippen LogP) is 5.40. The maximum Gasteiger partial charge on any atom is 0.417 e. The average Bonchev–Trinajstić information content (AvgIpc) is 2.94. The molecule has 218 valence electrons. The van der Waals surface area contributed by atoms with Crippen molar-refractivity contribution in [3.05, 3.63) is 76.3 Å². The van der Waals surface area contributed by atoms with Crippen molar-refractivity contribution in [2.75, 3.05) is 69.7 Å². The van der Waals surface area contributed by atoms with E-state index in [1.54, 1.807) is 30.3 Å². The number of anilines is 2. The lowest BCUT2D eigenvalue weighted by molar-refractivity contribution is -0.137. The Balaban J connectivity index is 1.50. The van der Waals surface area contributed by atoms with Crippen molar-refractivity contribution in [1.82, 2.24) is 14.8 Å². The van der Waals surface area contributed by atoms with Crippen LogP contribution in [0.3, 0.4) is 0 Å². The largest absolute Gasteiger partial charge is 0.417 e. The predicted molar refractivity (Wildman–Crippen MR) is 150 cm³/mol. The number of benzene rings is 2. The lowest BCUT2D eigenvalue weighted by atomic mass is 10.00. The van der Waals surface area contributed by atoms with E-state index in [-0.39, 0.29) is 10.8 Å². The number of halogens is 5. The van der Waals surface area contributed by atoms with Crippen LogP contribution in [0.25, 0.3) is 11.1 Å². The summed E-state index contributed by atoms with van der Waals surface area (Å²) in [6.07, 6.45) is -4.00. The van der Waals surface area contributed by atoms with Crippen LogP contribution in [0.1, 0.15) is 21.5 Å². The number of hydrogen-bond donors (Lipinski definition) is 1. The molecule has 1 N–H and O–H groups in total. The highest BCUT2D eigenvalue weighted by Gasteiger charge is 2.36. The molecule has 7 nitrogen and oxygen atoms in total. The monoisotopic (exact) mass is 591 g/mol.